The lowest BCUT2D eigenvalue weighted by molar-refractivity contribution is -0.178. The Labute approximate surface area is 488 Å². The van der Waals surface area contributed by atoms with Crippen molar-refractivity contribution in [1.82, 2.24) is 19.4 Å². The number of piperazine rings is 1. The van der Waals surface area contributed by atoms with Crippen molar-refractivity contribution in [2.75, 3.05) is 76.7 Å². The smallest absolute Gasteiger partial charge is 0.413 e. The first-order chi connectivity index (χ1) is 40.7. The van der Waals surface area contributed by atoms with Crippen molar-refractivity contribution in [3.8, 4) is 11.5 Å². The van der Waals surface area contributed by atoms with Crippen molar-refractivity contribution in [2.45, 2.75) is 127 Å². The van der Waals surface area contributed by atoms with Crippen LogP contribution in [0.15, 0.2) is 57.9 Å². The van der Waals surface area contributed by atoms with E-state index in [0.29, 0.717) is 56.6 Å². The number of benzene rings is 2. The molecular formula is C63H72F2N6O14. The monoisotopic (exact) mass is 1170 g/mol. The van der Waals surface area contributed by atoms with Crippen LogP contribution >= 0.6 is 0 Å². The molecule has 0 spiro atoms. The highest BCUT2D eigenvalue weighted by atomic mass is 19.1. The Hall–Kier alpha value is -7.17. The fourth-order valence-electron chi connectivity index (χ4n) is 16.5. The highest BCUT2D eigenvalue weighted by molar-refractivity contribution is 6.02. The molecule has 3 saturated heterocycles. The number of allylic oxidation sites excluding steroid dienone is 4. The molecule has 22 heteroatoms. The Balaban J connectivity index is 0.673. The third kappa shape index (κ3) is 9.15. The minimum Gasteiger partial charge on any atom is -0.492 e. The molecule has 0 bridgehead atoms. The van der Waals surface area contributed by atoms with Crippen molar-refractivity contribution in [1.29, 1.82) is 0 Å². The number of Topliss-reactive ketones (excluding diaryl/α,β-unsaturated/α-hetero) is 1. The molecule has 3 unspecified atom stereocenters. The lowest BCUT2D eigenvalue weighted by Gasteiger charge is -2.59. The molecule has 9 aliphatic rings. The van der Waals surface area contributed by atoms with Crippen molar-refractivity contribution in [3.63, 3.8) is 0 Å². The molecule has 8 fully saturated rings. The molecule has 85 heavy (non-hydrogen) atoms. The van der Waals surface area contributed by atoms with Gasteiger partial charge in [0, 0.05) is 86.0 Å². The molecule has 3 N–H and O–H groups in total. The van der Waals surface area contributed by atoms with E-state index in [1.54, 1.807) is 33.1 Å². The number of fused-ring (bicyclic) bond motifs is 8. The second-order valence-electron chi connectivity index (χ2n) is 25.7. The van der Waals surface area contributed by atoms with Gasteiger partial charge in [-0.05, 0) is 126 Å². The number of aliphatic hydroxyl groups is 2. The van der Waals surface area contributed by atoms with E-state index in [9.17, 15) is 43.8 Å². The van der Waals surface area contributed by atoms with Crippen LogP contribution in [0.25, 0.3) is 21.8 Å². The van der Waals surface area contributed by atoms with Gasteiger partial charge in [-0.15, -0.1) is 0 Å². The number of amides is 1. The predicted octanol–water partition coefficient (Wildman–Crippen LogP) is 6.67. The quantitative estimate of drug-likeness (QED) is 0.0936. The van der Waals surface area contributed by atoms with Crippen molar-refractivity contribution >= 4 is 62.8 Å². The van der Waals surface area contributed by atoms with Crippen LogP contribution in [-0.2, 0) is 23.8 Å². The average Bonchev–Trinajstić information content (AvgIpc) is 1.78. The maximum Gasteiger partial charge on any atom is 0.413 e. The van der Waals surface area contributed by atoms with Gasteiger partial charge in [-0.2, -0.15) is 0 Å². The van der Waals surface area contributed by atoms with E-state index in [-0.39, 0.29) is 119 Å². The summed E-state index contributed by atoms with van der Waals surface area (Å²) in [5, 5.41) is 27.5. The maximum atomic E-state index is 16.7. The number of carbonyl (C=O) groups excluding carboxylic acids is 5. The second-order valence-corrected chi connectivity index (χ2v) is 25.7. The number of methoxy groups -OCH3 is 2. The molecule has 13 rings (SSSR count). The number of hydrogen-bond acceptors (Lipinski definition) is 17. The fraction of sp³-hybridized carbons (Fsp3) is 0.571. The van der Waals surface area contributed by atoms with Crippen molar-refractivity contribution < 1.29 is 66.7 Å². The van der Waals surface area contributed by atoms with Gasteiger partial charge < -0.3 is 63.0 Å². The Morgan fingerprint density at radius 3 is 2.00 bits per heavy atom. The van der Waals surface area contributed by atoms with Gasteiger partial charge in [0.1, 0.15) is 28.1 Å². The van der Waals surface area contributed by atoms with E-state index >= 15 is 8.78 Å². The second kappa shape index (κ2) is 21.1. The van der Waals surface area contributed by atoms with E-state index in [1.807, 2.05) is 24.8 Å². The van der Waals surface area contributed by atoms with E-state index in [0.717, 1.165) is 49.9 Å². The zero-order valence-corrected chi connectivity index (χ0v) is 48.5. The highest BCUT2D eigenvalue weighted by Crippen LogP contribution is 2.67. The van der Waals surface area contributed by atoms with Crippen LogP contribution in [0.1, 0.15) is 124 Å². The number of ketones is 2. The molecule has 2 aromatic carbocycles. The number of pyridine rings is 2. The molecule has 3 aliphatic heterocycles. The predicted molar refractivity (Wildman–Crippen MR) is 306 cm³/mol. The van der Waals surface area contributed by atoms with Gasteiger partial charge in [-0.1, -0.05) is 25.5 Å². The lowest BCUT2D eigenvalue weighted by atomic mass is 9.46. The fourth-order valence-corrected chi connectivity index (χ4v) is 16.5. The topological polar surface area (TPSA) is 238 Å². The van der Waals surface area contributed by atoms with Crippen LogP contribution in [0, 0.1) is 46.1 Å². The van der Waals surface area contributed by atoms with Crippen LogP contribution in [0.5, 0.6) is 11.5 Å². The van der Waals surface area contributed by atoms with Crippen molar-refractivity contribution in [2.24, 2.45) is 34.5 Å². The number of esters is 2. The first kappa shape index (κ1) is 56.9. The normalized spacial score (nSPS) is 30.6. The first-order valence-corrected chi connectivity index (χ1v) is 30.0. The Morgan fingerprint density at radius 2 is 1.40 bits per heavy atom. The third-order valence-corrected chi connectivity index (χ3v) is 21.0. The minimum atomic E-state index is -1.94. The number of aromatic nitrogens is 2. The molecule has 4 aromatic rings. The molecule has 1 amide bonds. The molecule has 2 aromatic heterocycles. The number of rotatable bonds is 13. The Morgan fingerprint density at radius 1 is 0.776 bits per heavy atom. The summed E-state index contributed by atoms with van der Waals surface area (Å²) in [4.78, 5) is 101. The lowest BCUT2D eigenvalue weighted by Crippen LogP contribution is -2.61. The summed E-state index contributed by atoms with van der Waals surface area (Å²) in [6.07, 6.45) is 13.1. The van der Waals surface area contributed by atoms with Crippen LogP contribution in [-0.4, -0.2) is 145 Å². The van der Waals surface area contributed by atoms with Gasteiger partial charge >= 0.3 is 18.0 Å². The van der Waals surface area contributed by atoms with Gasteiger partial charge in [0.15, 0.2) is 35.5 Å². The van der Waals surface area contributed by atoms with Crippen LogP contribution < -0.4 is 35.4 Å². The van der Waals surface area contributed by atoms with E-state index < -0.39 is 93.8 Å². The van der Waals surface area contributed by atoms with Gasteiger partial charge in [-0.3, -0.25) is 19.2 Å². The number of piperidine rings is 1. The highest BCUT2D eigenvalue weighted by Gasteiger charge is 2.68. The number of aliphatic hydroxyl groups excluding tert-OH is 1. The largest absolute Gasteiger partial charge is 0.492 e. The Kier molecular flexibility index (Phi) is 14.1. The van der Waals surface area contributed by atoms with E-state index in [1.165, 1.54) is 31.5 Å². The van der Waals surface area contributed by atoms with E-state index in [4.69, 9.17) is 23.7 Å². The Bertz CT molecular complexity index is 3690. The summed E-state index contributed by atoms with van der Waals surface area (Å²) < 4.78 is 64.6. The molecule has 452 valence electrons. The van der Waals surface area contributed by atoms with E-state index in [2.05, 4.69) is 5.32 Å². The minimum absolute atomic E-state index is 0.0180. The molecule has 6 aliphatic carbocycles. The van der Waals surface area contributed by atoms with Gasteiger partial charge in [0.25, 0.3) is 0 Å². The number of hydrogen-bond donors (Lipinski definition) is 3. The summed E-state index contributed by atoms with van der Waals surface area (Å²) in [5.74, 6) is -4.29. The summed E-state index contributed by atoms with van der Waals surface area (Å²) in [6, 6.07) is 1.55. The summed E-state index contributed by atoms with van der Waals surface area (Å²) in [5.41, 5.74) is -4.04. The van der Waals surface area contributed by atoms with Crippen LogP contribution in [0.3, 0.4) is 0 Å². The number of ether oxygens (including phenoxy) is 5. The van der Waals surface area contributed by atoms with Gasteiger partial charge in [0.2, 0.25) is 23.4 Å². The summed E-state index contributed by atoms with van der Waals surface area (Å²) >= 11 is 0. The standard InChI is InChI=1S/C63H72F2N6O14/c1-32-25-67(19-20-69(32)60(79)85-31-84-59(78)42-28-71(36-11-12-36)51-40(55(42)76)23-45(65)53(57(51)82-5)68-26-33-7-6-18-66-46(33)29-68)52-44(64)22-39-50(56(52)81-4)70(35-9-10-35)27-41(54(39)75)58(77)83-30-48(74)63(80)17-15-43-38-13-8-34-21-37(72)14-16-61(34,2)49(38)47(73)24-62(43,63)3/h14,16,21-23,27-28,32-33,35-36,38,43,46-47,49,66,73,80H,6-13,15,17-20,24-26,29-31H2,1-5H3/t32?,33?,38-,43-,46?,47-,49+,61-,62-,63-/m0/s1. The number of anilines is 2. The maximum absolute atomic E-state index is 16.7. The molecule has 5 saturated carbocycles. The number of nitrogens with zero attached hydrogens (tertiary/aromatic N) is 5. The molecule has 5 heterocycles. The number of halogens is 2. The third-order valence-electron chi connectivity index (χ3n) is 21.0. The SMILES string of the molecule is COc1c(N2CC3CCCNC3C2)c(F)cc2c(=O)c(C(=O)OCOC(=O)N3CCN(c4c(F)cc5c(=O)c(C(=O)OCC(=O)[C@@]6(O)CC[C@H]7[C@@H]8CCC9=CC(=O)C=C[C@]9(C)[C@H]8[C@@H](O)C[C@@]76C)cn(C6CC6)c5c4OC)CC3C)cn(C3CC3)c12. The van der Waals surface area contributed by atoms with Gasteiger partial charge in [0.05, 0.1) is 42.1 Å². The molecule has 10 atom stereocenters. The zero-order chi connectivity index (χ0) is 59.8. The number of carbonyl (C=O) groups is 5. The summed E-state index contributed by atoms with van der Waals surface area (Å²) in [6.45, 7) is 6.18. The summed E-state index contributed by atoms with van der Waals surface area (Å²) in [7, 11) is 2.79. The van der Waals surface area contributed by atoms with Gasteiger partial charge in [-0.25, -0.2) is 23.2 Å². The van der Waals surface area contributed by atoms with Crippen LogP contribution in [0.4, 0.5) is 25.0 Å². The molecular weight excluding hydrogens is 1100 g/mol. The number of nitrogens with one attached hydrogen (secondary N) is 1. The zero-order valence-electron chi connectivity index (χ0n) is 48.5. The average molecular weight is 1180 g/mol. The molecule has 0 radical (unpaired) electrons. The molecule has 20 nitrogen and oxygen atoms in total. The van der Waals surface area contributed by atoms with Crippen LogP contribution in [0.2, 0.25) is 0 Å². The first-order valence-electron chi connectivity index (χ1n) is 30.0. The van der Waals surface area contributed by atoms with Crippen molar-refractivity contribution in [3.05, 3.63) is 91.5 Å².